The fourth-order valence-electron chi connectivity index (χ4n) is 7.28. The van der Waals surface area contributed by atoms with Crippen LogP contribution in [0.15, 0.2) is 48.0 Å². The van der Waals surface area contributed by atoms with Crippen molar-refractivity contribution in [3.05, 3.63) is 70.4 Å². The molecule has 5 rings (SSSR count). The molecule has 13 nitrogen and oxygen atoms in total. The second-order valence-corrected chi connectivity index (χ2v) is 17.5. The molecule has 17 heteroatoms. The predicted octanol–water partition coefficient (Wildman–Crippen LogP) is 4.94. The molecule has 3 aromatic rings. The Hall–Kier alpha value is -4.60. The fraction of sp³-hybridized carbons (Fsp3) is 0.548. The van der Waals surface area contributed by atoms with E-state index in [1.54, 1.807) is 30.1 Å². The number of hydrogen-bond donors (Lipinski definition) is 3. The molecule has 0 radical (unpaired) electrons. The number of rotatable bonds is 17. The van der Waals surface area contributed by atoms with Gasteiger partial charge in [-0.1, -0.05) is 58.9 Å². The molecule has 2 fully saturated rings. The first-order valence-electron chi connectivity index (χ1n) is 19.5. The van der Waals surface area contributed by atoms with Crippen LogP contribution in [0.4, 0.5) is 13.2 Å². The summed E-state index contributed by atoms with van der Waals surface area (Å²) in [5, 5.41) is 25.8. The highest BCUT2D eigenvalue weighted by Crippen LogP contribution is 2.38. The molecule has 2 aliphatic heterocycles. The molecular formula is C42H53F3N6O7S. The van der Waals surface area contributed by atoms with E-state index in [1.807, 2.05) is 57.5 Å². The molecular weight excluding hydrogens is 790 g/mol. The van der Waals surface area contributed by atoms with Gasteiger partial charge in [-0.3, -0.25) is 14.4 Å². The number of thiazole rings is 1. The number of β-amino-alcohol motifs (C(OH)–C–C–N with tert-alkyl or cyclic N) is 1. The van der Waals surface area contributed by atoms with E-state index in [4.69, 9.17) is 19.5 Å². The summed E-state index contributed by atoms with van der Waals surface area (Å²) in [5.74, 6) is -1.13. The summed E-state index contributed by atoms with van der Waals surface area (Å²) in [5.41, 5.74) is 1.85. The molecule has 4 unspecified atom stereocenters. The van der Waals surface area contributed by atoms with Crippen molar-refractivity contribution in [2.75, 3.05) is 52.6 Å². The van der Waals surface area contributed by atoms with Crippen molar-refractivity contribution in [1.29, 1.82) is 5.26 Å². The molecule has 2 aliphatic rings. The quantitative estimate of drug-likeness (QED) is 0.159. The highest BCUT2D eigenvalue weighted by molar-refractivity contribution is 7.13. The maximum Gasteiger partial charge on any atom is 0.417 e. The average Bonchev–Trinajstić information content (AvgIpc) is 3.85. The van der Waals surface area contributed by atoms with Crippen molar-refractivity contribution >= 4 is 29.1 Å². The zero-order valence-corrected chi connectivity index (χ0v) is 35.0. The number of hydrogen-bond acceptors (Lipinski definition) is 11. The molecule has 2 aromatic carbocycles. The number of aryl methyl sites for hydroxylation is 1. The van der Waals surface area contributed by atoms with Gasteiger partial charge in [-0.15, -0.1) is 11.3 Å². The summed E-state index contributed by atoms with van der Waals surface area (Å²) < 4.78 is 57.6. The van der Waals surface area contributed by atoms with Gasteiger partial charge in [0.2, 0.25) is 11.8 Å². The summed E-state index contributed by atoms with van der Waals surface area (Å²) in [4.78, 5) is 48.9. The van der Waals surface area contributed by atoms with E-state index in [2.05, 4.69) is 15.6 Å². The second-order valence-electron chi connectivity index (χ2n) is 16.6. The summed E-state index contributed by atoms with van der Waals surface area (Å²) >= 11 is 1.57. The topological polar surface area (TPSA) is 166 Å². The van der Waals surface area contributed by atoms with Gasteiger partial charge in [0, 0.05) is 44.6 Å². The Bertz CT molecular complexity index is 1980. The third-order valence-electron chi connectivity index (χ3n) is 10.4. The predicted molar refractivity (Wildman–Crippen MR) is 214 cm³/mol. The number of ether oxygens (including phenoxy) is 3. The van der Waals surface area contributed by atoms with Gasteiger partial charge >= 0.3 is 6.18 Å². The highest BCUT2D eigenvalue weighted by atomic mass is 32.1. The van der Waals surface area contributed by atoms with Crippen LogP contribution >= 0.6 is 11.3 Å². The Balaban J connectivity index is 1.02. The number of amides is 3. The van der Waals surface area contributed by atoms with Gasteiger partial charge in [0.15, 0.2) is 6.10 Å². The van der Waals surface area contributed by atoms with E-state index in [-0.39, 0.29) is 76.0 Å². The number of aliphatic hydroxyl groups excluding tert-OH is 1. The van der Waals surface area contributed by atoms with E-state index in [0.717, 1.165) is 33.8 Å². The van der Waals surface area contributed by atoms with Crippen molar-refractivity contribution in [1.82, 2.24) is 25.4 Å². The first-order valence-corrected chi connectivity index (χ1v) is 20.4. The highest BCUT2D eigenvalue weighted by Gasteiger charge is 2.48. The third kappa shape index (κ3) is 11.6. The average molecular weight is 843 g/mol. The Morgan fingerprint density at radius 3 is 2.41 bits per heavy atom. The molecule has 0 spiro atoms. The largest absolute Gasteiger partial charge is 0.480 e. The molecule has 3 N–H and O–H groups in total. The van der Waals surface area contributed by atoms with Crippen LogP contribution < -0.4 is 15.4 Å². The maximum atomic E-state index is 13.9. The summed E-state index contributed by atoms with van der Waals surface area (Å²) in [6, 6.07) is 11.0. The second kappa shape index (κ2) is 19.2. The Labute approximate surface area is 346 Å². The lowest BCUT2D eigenvalue weighted by Crippen LogP contribution is -2.57. The van der Waals surface area contributed by atoms with Crippen molar-refractivity contribution < 1.29 is 46.9 Å². The smallest absolute Gasteiger partial charge is 0.417 e. The number of halogens is 3. The number of benzene rings is 2. The standard InChI is InChI=1S/C42H53F3N6O7S/c1-26-34(59-25-49-26)28-9-7-27(8-10-28)22-48-37(53)33-19-30(52)23-51(33)38(54)35(40(2,3)4)47-13-15-56-17-18-57-16-14-50-24-41(5,6)36(39(50)55)58-31-12-11-29(21-46)32(20-31)42(43,44)45/h7-12,20,25,30,33,35-36,47,52H,13-19,22-24H2,1-6H3,(H,48,53). The molecule has 4 atom stereocenters. The van der Waals surface area contributed by atoms with Crippen LogP contribution in [0.5, 0.6) is 5.75 Å². The van der Waals surface area contributed by atoms with Gasteiger partial charge < -0.3 is 39.8 Å². The van der Waals surface area contributed by atoms with Crippen molar-refractivity contribution in [2.24, 2.45) is 10.8 Å². The van der Waals surface area contributed by atoms with Crippen LogP contribution in [0, 0.1) is 29.1 Å². The van der Waals surface area contributed by atoms with Crippen LogP contribution in [-0.2, 0) is 36.6 Å². The first-order chi connectivity index (χ1) is 27.8. The summed E-state index contributed by atoms with van der Waals surface area (Å²) in [6.45, 7) is 13.5. The minimum absolute atomic E-state index is 0.0516. The lowest BCUT2D eigenvalue weighted by molar-refractivity contribution is -0.142. The number of carbonyl (C=O) groups is 3. The van der Waals surface area contributed by atoms with Crippen LogP contribution in [0.25, 0.3) is 10.4 Å². The molecule has 0 saturated carbocycles. The van der Waals surface area contributed by atoms with Crippen molar-refractivity contribution in [3.63, 3.8) is 0 Å². The Morgan fingerprint density at radius 2 is 1.78 bits per heavy atom. The minimum atomic E-state index is -4.75. The number of nitrogens with zero attached hydrogens (tertiary/aromatic N) is 4. The number of nitrogens with one attached hydrogen (secondary N) is 2. The minimum Gasteiger partial charge on any atom is -0.480 e. The zero-order valence-electron chi connectivity index (χ0n) is 34.2. The molecule has 320 valence electrons. The van der Waals surface area contributed by atoms with Crippen molar-refractivity contribution in [2.45, 2.75) is 85.0 Å². The third-order valence-corrected chi connectivity index (χ3v) is 11.4. The number of nitriles is 1. The molecule has 0 aliphatic carbocycles. The maximum absolute atomic E-state index is 13.9. The van der Waals surface area contributed by atoms with Gasteiger partial charge in [-0.2, -0.15) is 18.4 Å². The molecule has 3 amide bonds. The SMILES string of the molecule is Cc1ncsc1-c1ccc(CNC(=O)C2CC(O)CN2C(=O)C(NCCOCCOCCN2CC(C)(C)C(Oc3ccc(C#N)c(C(F)(F)F)c3)C2=O)C(C)(C)C)cc1. The number of carbonyl (C=O) groups excluding carboxylic acids is 3. The van der Waals surface area contributed by atoms with Gasteiger partial charge in [0.05, 0.1) is 71.9 Å². The van der Waals surface area contributed by atoms with Crippen LogP contribution in [0.3, 0.4) is 0 Å². The van der Waals surface area contributed by atoms with Crippen LogP contribution in [0.1, 0.15) is 63.4 Å². The summed E-state index contributed by atoms with van der Waals surface area (Å²) in [7, 11) is 0. The lowest BCUT2D eigenvalue weighted by atomic mass is 9.85. The van der Waals surface area contributed by atoms with E-state index in [0.29, 0.717) is 13.1 Å². The Kier molecular flexibility index (Phi) is 14.8. The lowest BCUT2D eigenvalue weighted by Gasteiger charge is -2.35. The van der Waals surface area contributed by atoms with Gasteiger partial charge in [-0.05, 0) is 41.7 Å². The zero-order chi connectivity index (χ0) is 43.1. The van der Waals surface area contributed by atoms with E-state index in [1.165, 1.54) is 17.0 Å². The number of aliphatic hydroxyl groups is 1. The molecule has 2 saturated heterocycles. The molecule has 3 heterocycles. The normalized spacial score (nSPS) is 19.8. The fourth-order valence-corrected chi connectivity index (χ4v) is 8.10. The van der Waals surface area contributed by atoms with E-state index in [9.17, 15) is 32.7 Å². The molecule has 59 heavy (non-hydrogen) atoms. The molecule has 1 aromatic heterocycles. The molecule has 0 bridgehead atoms. The number of likely N-dealkylation sites (tertiary alicyclic amines) is 2. The number of alkyl halides is 3. The van der Waals surface area contributed by atoms with Crippen LogP contribution in [-0.4, -0.2) is 115 Å². The van der Waals surface area contributed by atoms with Gasteiger partial charge in [0.25, 0.3) is 5.91 Å². The van der Waals surface area contributed by atoms with Gasteiger partial charge in [0.1, 0.15) is 11.8 Å². The first kappa shape index (κ1) is 45.5. The van der Waals surface area contributed by atoms with Crippen LogP contribution in [0.2, 0.25) is 0 Å². The van der Waals surface area contributed by atoms with E-state index >= 15 is 0 Å². The van der Waals surface area contributed by atoms with Crippen molar-refractivity contribution in [3.8, 4) is 22.3 Å². The summed E-state index contributed by atoms with van der Waals surface area (Å²) in [6.07, 6.45) is -6.46. The monoisotopic (exact) mass is 842 g/mol. The van der Waals surface area contributed by atoms with E-state index < -0.39 is 52.4 Å². The van der Waals surface area contributed by atoms with Gasteiger partial charge in [-0.25, -0.2) is 4.98 Å². The number of aromatic nitrogens is 1. The Morgan fingerprint density at radius 1 is 1.08 bits per heavy atom.